The number of hydrogen-bond donors (Lipinski definition) is 0. The standard InChI is InChI=1S/C31H30N4O6P2/c32-21-23-34(26-42(36,38-28-13-5-1-6-14-28)39-29-15-7-2-8-16-29)25-35(24-22-33)27-43(37,40-30-17-9-3-10-18-30)41-31-19-11-4-12-20-31/h1-20H,23-27H2. The van der Waals surface area contributed by atoms with Crippen molar-refractivity contribution in [2.24, 2.45) is 0 Å². The Labute approximate surface area is 251 Å². The fraction of sp³-hybridized carbons (Fsp3) is 0.161. The predicted octanol–water partition coefficient (Wildman–Crippen LogP) is 7.21. The smallest absolute Gasteiger partial charge is 0.415 e. The molecule has 0 spiro atoms. The number of para-hydroxylation sites is 4. The maximum absolute atomic E-state index is 14.2. The van der Waals surface area contributed by atoms with E-state index >= 15 is 0 Å². The van der Waals surface area contributed by atoms with Crippen LogP contribution in [0.4, 0.5) is 0 Å². The van der Waals surface area contributed by atoms with Crippen LogP contribution in [0.1, 0.15) is 0 Å². The van der Waals surface area contributed by atoms with Gasteiger partial charge in [0.05, 0.1) is 31.9 Å². The van der Waals surface area contributed by atoms with Crippen LogP contribution >= 0.6 is 15.2 Å². The minimum atomic E-state index is -3.95. The average molecular weight is 617 g/mol. The first-order valence-electron chi connectivity index (χ1n) is 13.2. The molecule has 0 fully saturated rings. The SMILES string of the molecule is N#CCN(CN(CC#N)CP(=O)(Oc1ccccc1)Oc1ccccc1)CP(=O)(Oc1ccccc1)Oc1ccccc1. The normalized spacial score (nSPS) is 11.3. The first-order chi connectivity index (χ1) is 20.9. The highest BCUT2D eigenvalue weighted by molar-refractivity contribution is 7.54. The Hall–Kier alpha value is -4.56. The van der Waals surface area contributed by atoms with E-state index in [9.17, 15) is 19.7 Å². The van der Waals surface area contributed by atoms with Crippen LogP contribution in [0.5, 0.6) is 23.0 Å². The molecule has 0 amide bonds. The van der Waals surface area contributed by atoms with Gasteiger partial charge in [-0.3, -0.25) is 9.80 Å². The van der Waals surface area contributed by atoms with E-state index in [0.29, 0.717) is 23.0 Å². The second-order valence-electron chi connectivity index (χ2n) is 9.24. The van der Waals surface area contributed by atoms with Gasteiger partial charge in [-0.05, 0) is 48.5 Å². The van der Waals surface area contributed by atoms with E-state index in [-0.39, 0.29) is 32.3 Å². The Morgan fingerprint density at radius 3 is 0.977 bits per heavy atom. The van der Waals surface area contributed by atoms with E-state index in [1.54, 1.807) is 121 Å². The molecule has 4 aromatic carbocycles. The highest BCUT2D eigenvalue weighted by Gasteiger charge is 2.35. The van der Waals surface area contributed by atoms with E-state index < -0.39 is 15.2 Å². The minimum Gasteiger partial charge on any atom is -0.415 e. The molecule has 0 heterocycles. The highest BCUT2D eigenvalue weighted by atomic mass is 31.2. The Morgan fingerprint density at radius 2 is 0.744 bits per heavy atom. The average Bonchev–Trinajstić information content (AvgIpc) is 2.99. The van der Waals surface area contributed by atoms with E-state index in [1.807, 2.05) is 0 Å². The molecule has 4 rings (SSSR count). The van der Waals surface area contributed by atoms with Gasteiger partial charge < -0.3 is 18.1 Å². The van der Waals surface area contributed by atoms with Gasteiger partial charge in [0.2, 0.25) is 0 Å². The summed E-state index contributed by atoms with van der Waals surface area (Å²) in [6, 6.07) is 38.4. The summed E-state index contributed by atoms with van der Waals surface area (Å²) < 4.78 is 51.8. The third-order valence-corrected chi connectivity index (χ3v) is 9.13. The van der Waals surface area contributed by atoms with E-state index in [2.05, 4.69) is 12.1 Å². The second-order valence-corrected chi connectivity index (χ2v) is 13.0. The molecular weight excluding hydrogens is 586 g/mol. The first kappa shape index (κ1) is 31.4. The monoisotopic (exact) mass is 616 g/mol. The highest BCUT2D eigenvalue weighted by Crippen LogP contribution is 2.50. The van der Waals surface area contributed by atoms with Crippen LogP contribution in [0.3, 0.4) is 0 Å². The second kappa shape index (κ2) is 15.6. The zero-order valence-corrected chi connectivity index (χ0v) is 25.0. The number of nitrogens with zero attached hydrogens (tertiary/aromatic N) is 4. The Kier molecular flexibility index (Phi) is 11.4. The summed E-state index contributed by atoms with van der Waals surface area (Å²) in [5.41, 5.74) is 0. The zero-order chi connectivity index (χ0) is 30.4. The molecule has 0 unspecified atom stereocenters. The quantitative estimate of drug-likeness (QED) is 0.0724. The van der Waals surface area contributed by atoms with Gasteiger partial charge in [0.15, 0.2) is 0 Å². The summed E-state index contributed by atoms with van der Waals surface area (Å²) in [5, 5.41) is 19.3. The minimum absolute atomic E-state index is 0.0955. The van der Waals surface area contributed by atoms with Crippen LogP contribution in [0, 0.1) is 22.7 Å². The molecule has 0 N–H and O–H groups in total. The summed E-state index contributed by atoms with van der Waals surface area (Å²) >= 11 is 0. The molecule has 0 atom stereocenters. The Balaban J connectivity index is 1.59. The van der Waals surface area contributed by atoms with Gasteiger partial charge in [0, 0.05) is 0 Å². The van der Waals surface area contributed by atoms with Crippen molar-refractivity contribution in [1.82, 2.24) is 9.80 Å². The fourth-order valence-corrected chi connectivity index (χ4v) is 7.42. The molecule has 0 aliphatic heterocycles. The molecule has 220 valence electrons. The predicted molar refractivity (Wildman–Crippen MR) is 163 cm³/mol. The van der Waals surface area contributed by atoms with E-state index in [0.717, 1.165) is 0 Å². The van der Waals surface area contributed by atoms with Crippen LogP contribution in [0.15, 0.2) is 121 Å². The lowest BCUT2D eigenvalue weighted by Gasteiger charge is -2.31. The van der Waals surface area contributed by atoms with Crippen molar-refractivity contribution >= 4 is 15.2 Å². The molecule has 0 saturated carbocycles. The third kappa shape index (κ3) is 10.3. The third-order valence-electron chi connectivity index (χ3n) is 5.69. The molecule has 0 bridgehead atoms. The van der Waals surface area contributed by atoms with Crippen molar-refractivity contribution in [1.29, 1.82) is 10.5 Å². The molecule has 43 heavy (non-hydrogen) atoms. The summed E-state index contributed by atoms with van der Waals surface area (Å²) in [6.07, 6.45) is -0.620. The van der Waals surface area contributed by atoms with Crippen molar-refractivity contribution < 1.29 is 27.2 Å². The fourth-order valence-electron chi connectivity index (χ4n) is 3.98. The number of benzene rings is 4. The maximum Gasteiger partial charge on any atom is 0.444 e. The van der Waals surface area contributed by atoms with Crippen LogP contribution < -0.4 is 18.1 Å². The summed E-state index contributed by atoms with van der Waals surface area (Å²) in [4.78, 5) is 3.00. The van der Waals surface area contributed by atoms with Gasteiger partial charge in [0.25, 0.3) is 0 Å². The lowest BCUT2D eigenvalue weighted by atomic mass is 10.3. The molecular formula is C31H30N4O6P2. The number of nitriles is 2. The van der Waals surface area contributed by atoms with Gasteiger partial charge >= 0.3 is 15.2 Å². The summed E-state index contributed by atoms with van der Waals surface area (Å²) in [5.74, 6) is 1.29. The van der Waals surface area contributed by atoms with E-state index in [4.69, 9.17) is 18.1 Å². The molecule has 0 aromatic heterocycles. The molecule has 10 nitrogen and oxygen atoms in total. The lowest BCUT2D eigenvalue weighted by molar-refractivity contribution is 0.179. The first-order valence-corrected chi connectivity index (χ1v) is 16.7. The van der Waals surface area contributed by atoms with Gasteiger partial charge in [-0.15, -0.1) is 0 Å². The Bertz CT molecular complexity index is 1390. The summed E-state index contributed by atoms with van der Waals surface area (Å²) in [6.45, 7) is -0.473. The molecule has 0 radical (unpaired) electrons. The van der Waals surface area contributed by atoms with Crippen LogP contribution in [-0.2, 0) is 9.13 Å². The number of hydrogen-bond acceptors (Lipinski definition) is 10. The summed E-state index contributed by atoms with van der Waals surface area (Å²) in [7, 11) is -7.90. The van der Waals surface area contributed by atoms with Crippen molar-refractivity contribution in [3.8, 4) is 35.1 Å². The number of rotatable bonds is 16. The largest absolute Gasteiger partial charge is 0.444 e. The molecule has 12 heteroatoms. The van der Waals surface area contributed by atoms with Gasteiger partial charge in [-0.25, -0.2) is 9.13 Å². The van der Waals surface area contributed by atoms with Crippen molar-refractivity contribution in [2.75, 3.05) is 32.3 Å². The van der Waals surface area contributed by atoms with Crippen LogP contribution in [-0.4, -0.2) is 42.1 Å². The Morgan fingerprint density at radius 1 is 0.488 bits per heavy atom. The lowest BCUT2D eigenvalue weighted by Crippen LogP contribution is -2.40. The van der Waals surface area contributed by atoms with E-state index in [1.165, 1.54) is 9.80 Å². The van der Waals surface area contributed by atoms with Crippen molar-refractivity contribution in [3.63, 3.8) is 0 Å². The molecule has 0 aliphatic carbocycles. The molecule has 0 saturated heterocycles. The van der Waals surface area contributed by atoms with Crippen molar-refractivity contribution in [2.45, 2.75) is 0 Å². The topological polar surface area (TPSA) is 125 Å². The van der Waals surface area contributed by atoms with Crippen molar-refractivity contribution in [3.05, 3.63) is 121 Å². The maximum atomic E-state index is 14.2. The van der Waals surface area contributed by atoms with Gasteiger partial charge in [-0.2, -0.15) is 10.5 Å². The van der Waals surface area contributed by atoms with Crippen LogP contribution in [0.2, 0.25) is 0 Å². The van der Waals surface area contributed by atoms with Gasteiger partial charge in [0.1, 0.15) is 35.6 Å². The molecule has 4 aromatic rings. The molecule has 0 aliphatic rings. The zero-order valence-electron chi connectivity index (χ0n) is 23.2. The van der Waals surface area contributed by atoms with Crippen LogP contribution in [0.25, 0.3) is 0 Å². The van der Waals surface area contributed by atoms with Gasteiger partial charge in [-0.1, -0.05) is 72.8 Å².